The van der Waals surface area contributed by atoms with E-state index in [2.05, 4.69) is 21.2 Å². The minimum atomic E-state index is -3.27. The lowest BCUT2D eigenvalue weighted by Crippen LogP contribution is -2.43. The van der Waals surface area contributed by atoms with Gasteiger partial charge in [-0.2, -0.15) is 0 Å². The van der Waals surface area contributed by atoms with Gasteiger partial charge in [-0.05, 0) is 30.7 Å². The van der Waals surface area contributed by atoms with Crippen LogP contribution in [0.1, 0.15) is 20.8 Å². The van der Waals surface area contributed by atoms with Gasteiger partial charge in [0.05, 0.1) is 10.6 Å². The first-order valence-electron chi connectivity index (χ1n) is 5.82. The molecule has 5 heteroatoms. The average Bonchev–Trinajstić information content (AvgIpc) is 2.24. The maximum Gasteiger partial charge on any atom is 0.179 e. The molecule has 0 aliphatic heterocycles. The Bertz CT molecular complexity index is 506. The van der Waals surface area contributed by atoms with Crippen molar-refractivity contribution >= 4 is 25.8 Å². The van der Waals surface area contributed by atoms with E-state index >= 15 is 0 Å². The van der Waals surface area contributed by atoms with Crippen molar-refractivity contribution in [2.24, 2.45) is 5.41 Å². The van der Waals surface area contributed by atoms with E-state index in [0.717, 1.165) is 4.47 Å². The molecule has 0 bridgehead atoms. The van der Waals surface area contributed by atoms with Gasteiger partial charge in [0, 0.05) is 10.5 Å². The number of hydrogen-bond donors (Lipinski definition) is 1. The van der Waals surface area contributed by atoms with Crippen LogP contribution in [0.15, 0.2) is 33.6 Å². The zero-order valence-corrected chi connectivity index (χ0v) is 13.6. The Hall–Kier alpha value is -0.390. The molecule has 0 aliphatic rings. The minimum absolute atomic E-state index is 0.0820. The lowest BCUT2D eigenvalue weighted by molar-refractivity contribution is 0.302. The van der Waals surface area contributed by atoms with Crippen molar-refractivity contribution in [3.63, 3.8) is 0 Å². The molecule has 0 aromatic heterocycles. The van der Waals surface area contributed by atoms with Crippen molar-refractivity contribution < 1.29 is 8.42 Å². The van der Waals surface area contributed by atoms with Crippen molar-refractivity contribution in [1.82, 2.24) is 5.32 Å². The monoisotopic (exact) mass is 333 g/mol. The highest BCUT2D eigenvalue weighted by molar-refractivity contribution is 9.10. The Morgan fingerprint density at radius 1 is 1.33 bits per heavy atom. The Kier molecular flexibility index (Phi) is 4.98. The molecule has 0 radical (unpaired) electrons. The number of nitrogens with one attached hydrogen (secondary N) is 1. The van der Waals surface area contributed by atoms with Crippen LogP contribution in [0.3, 0.4) is 0 Å². The first-order valence-corrected chi connectivity index (χ1v) is 8.27. The molecule has 1 aromatic carbocycles. The van der Waals surface area contributed by atoms with Gasteiger partial charge in [-0.1, -0.05) is 42.8 Å². The van der Waals surface area contributed by atoms with Crippen LogP contribution in [0, 0.1) is 5.41 Å². The van der Waals surface area contributed by atoms with Crippen LogP contribution in [0.5, 0.6) is 0 Å². The number of rotatable bonds is 4. The van der Waals surface area contributed by atoms with Gasteiger partial charge >= 0.3 is 0 Å². The molecule has 18 heavy (non-hydrogen) atoms. The molecule has 1 rings (SSSR count). The molecule has 1 aromatic rings. The van der Waals surface area contributed by atoms with Crippen LogP contribution in [0.4, 0.5) is 0 Å². The van der Waals surface area contributed by atoms with Crippen molar-refractivity contribution in [2.45, 2.75) is 31.7 Å². The molecule has 0 aliphatic carbocycles. The number of benzene rings is 1. The lowest BCUT2D eigenvalue weighted by atomic mass is 9.88. The van der Waals surface area contributed by atoms with E-state index in [0.29, 0.717) is 4.90 Å². The fourth-order valence-corrected chi connectivity index (χ4v) is 4.18. The summed E-state index contributed by atoms with van der Waals surface area (Å²) in [6.07, 6.45) is 0. The van der Waals surface area contributed by atoms with E-state index in [1.807, 2.05) is 26.8 Å². The van der Waals surface area contributed by atoms with E-state index in [1.165, 1.54) is 0 Å². The van der Waals surface area contributed by atoms with Crippen LogP contribution < -0.4 is 5.32 Å². The Labute approximate surface area is 118 Å². The predicted octanol–water partition coefficient (Wildman–Crippen LogP) is 2.86. The van der Waals surface area contributed by atoms with Gasteiger partial charge in [0.2, 0.25) is 0 Å². The van der Waals surface area contributed by atoms with Crippen LogP contribution in [0.25, 0.3) is 0 Å². The summed E-state index contributed by atoms with van der Waals surface area (Å²) in [5, 5.41) is 3.09. The van der Waals surface area contributed by atoms with Crippen molar-refractivity contribution in [3.05, 3.63) is 28.7 Å². The topological polar surface area (TPSA) is 46.2 Å². The molecule has 0 spiro atoms. The average molecular weight is 334 g/mol. The molecule has 1 N–H and O–H groups in total. The smallest absolute Gasteiger partial charge is 0.179 e. The van der Waals surface area contributed by atoms with E-state index in [4.69, 9.17) is 0 Å². The maximum absolute atomic E-state index is 12.3. The summed E-state index contributed by atoms with van der Waals surface area (Å²) in [4.78, 5) is 0.362. The van der Waals surface area contributed by atoms with E-state index in [1.54, 1.807) is 25.2 Å². The summed E-state index contributed by atoms with van der Waals surface area (Å²) < 4.78 is 25.5. The second kappa shape index (κ2) is 5.72. The molecule has 1 atom stereocenters. The third-order valence-electron chi connectivity index (χ3n) is 2.94. The summed E-state index contributed by atoms with van der Waals surface area (Å²) >= 11 is 3.30. The Balaban J connectivity index is 3.02. The van der Waals surface area contributed by atoms with Crippen molar-refractivity contribution in [1.29, 1.82) is 0 Å². The standard InChI is InChI=1S/C13H20BrNO2S/c1-13(2,3)12(15-4)9-18(16,17)11-7-5-6-10(14)8-11/h5-8,12,15H,9H2,1-4H3. The quantitative estimate of drug-likeness (QED) is 0.921. The maximum atomic E-state index is 12.3. The normalized spacial score (nSPS) is 14.5. The van der Waals surface area contributed by atoms with Gasteiger partial charge in [0.1, 0.15) is 0 Å². The molecule has 0 fully saturated rings. The lowest BCUT2D eigenvalue weighted by Gasteiger charge is -2.30. The van der Waals surface area contributed by atoms with Gasteiger partial charge in [-0.15, -0.1) is 0 Å². The number of hydrogen-bond acceptors (Lipinski definition) is 3. The zero-order valence-electron chi connectivity index (χ0n) is 11.2. The van der Waals surface area contributed by atoms with Crippen LogP contribution >= 0.6 is 15.9 Å². The Morgan fingerprint density at radius 3 is 2.39 bits per heavy atom. The molecule has 0 saturated carbocycles. The second-order valence-corrected chi connectivity index (χ2v) is 8.40. The molecule has 0 saturated heterocycles. The molecule has 0 heterocycles. The highest BCUT2D eigenvalue weighted by Crippen LogP contribution is 2.24. The molecule has 102 valence electrons. The van der Waals surface area contributed by atoms with E-state index in [-0.39, 0.29) is 17.2 Å². The largest absolute Gasteiger partial charge is 0.315 e. The highest BCUT2D eigenvalue weighted by atomic mass is 79.9. The predicted molar refractivity (Wildman–Crippen MR) is 78.5 cm³/mol. The van der Waals surface area contributed by atoms with Gasteiger partial charge in [-0.25, -0.2) is 8.42 Å². The van der Waals surface area contributed by atoms with Crippen molar-refractivity contribution in [3.8, 4) is 0 Å². The van der Waals surface area contributed by atoms with Crippen LogP contribution in [0.2, 0.25) is 0 Å². The Morgan fingerprint density at radius 2 is 1.94 bits per heavy atom. The fraction of sp³-hybridized carbons (Fsp3) is 0.538. The SMILES string of the molecule is CNC(CS(=O)(=O)c1cccc(Br)c1)C(C)(C)C. The third-order valence-corrected chi connectivity index (χ3v) is 5.17. The van der Waals surface area contributed by atoms with Gasteiger partial charge < -0.3 is 5.32 Å². The number of halogens is 1. The third kappa shape index (κ3) is 4.07. The number of sulfone groups is 1. The summed E-state index contributed by atoms with van der Waals surface area (Å²) in [7, 11) is -1.47. The molecular weight excluding hydrogens is 314 g/mol. The highest BCUT2D eigenvalue weighted by Gasteiger charge is 2.29. The van der Waals surface area contributed by atoms with Crippen LogP contribution in [-0.2, 0) is 9.84 Å². The molecular formula is C13H20BrNO2S. The first kappa shape index (κ1) is 15.7. The summed E-state index contributed by atoms with van der Waals surface area (Å²) in [6.45, 7) is 6.10. The minimum Gasteiger partial charge on any atom is -0.315 e. The van der Waals surface area contributed by atoms with Gasteiger partial charge in [-0.3, -0.25) is 0 Å². The van der Waals surface area contributed by atoms with Gasteiger partial charge in [0.25, 0.3) is 0 Å². The molecule has 1 unspecified atom stereocenters. The first-order chi connectivity index (χ1) is 8.16. The zero-order chi connectivity index (χ0) is 14.0. The molecule has 3 nitrogen and oxygen atoms in total. The molecule has 0 amide bonds. The summed E-state index contributed by atoms with van der Waals surface area (Å²) in [5.74, 6) is 0.101. The van der Waals surface area contributed by atoms with E-state index in [9.17, 15) is 8.42 Å². The summed E-state index contributed by atoms with van der Waals surface area (Å²) in [6, 6.07) is 6.75. The summed E-state index contributed by atoms with van der Waals surface area (Å²) in [5.41, 5.74) is -0.103. The second-order valence-electron chi connectivity index (χ2n) is 5.45. The van der Waals surface area contributed by atoms with Gasteiger partial charge in [0.15, 0.2) is 9.84 Å². The van der Waals surface area contributed by atoms with Crippen LogP contribution in [-0.4, -0.2) is 27.3 Å². The van der Waals surface area contributed by atoms with E-state index < -0.39 is 9.84 Å². The fourth-order valence-electron chi connectivity index (χ4n) is 1.74. The van der Waals surface area contributed by atoms with Crippen molar-refractivity contribution in [2.75, 3.05) is 12.8 Å².